The van der Waals surface area contributed by atoms with Crippen LogP contribution in [-0.4, -0.2) is 61.8 Å². The first-order valence-electron chi connectivity index (χ1n) is 7.50. The highest BCUT2D eigenvalue weighted by Gasteiger charge is 2.30. The molecule has 0 spiro atoms. The minimum Gasteiger partial charge on any atom is -0.463 e. The molecule has 0 aliphatic carbocycles. The van der Waals surface area contributed by atoms with Crippen LogP contribution in [0.1, 0.15) is 32.6 Å². The molecule has 1 amide bonds. The molecule has 7 heteroatoms. The van der Waals surface area contributed by atoms with Crippen LogP contribution in [0.3, 0.4) is 0 Å². The van der Waals surface area contributed by atoms with Crippen LogP contribution in [0.15, 0.2) is 0 Å². The van der Waals surface area contributed by atoms with Gasteiger partial charge in [-0.2, -0.15) is 0 Å². The number of ether oxygens (including phenoxy) is 2. The molecule has 2 fully saturated rings. The molecule has 21 heavy (non-hydrogen) atoms. The van der Waals surface area contributed by atoms with Crippen LogP contribution in [0.4, 0.5) is 0 Å². The molecule has 2 aliphatic heterocycles. The average Bonchev–Trinajstić information content (AvgIpc) is 2.94. The second-order valence-corrected chi connectivity index (χ2v) is 5.35. The number of halogens is 1. The Bertz CT molecular complexity index is 346. The van der Waals surface area contributed by atoms with Gasteiger partial charge in [0.2, 0.25) is 5.91 Å². The van der Waals surface area contributed by atoms with Crippen LogP contribution in [-0.2, 0) is 19.1 Å². The molecule has 1 N–H and O–H groups in total. The SMILES string of the molecule is CCCN1CCNC(CC(=O)OCC2CCCO2)C1=O.Cl. The zero-order valence-electron chi connectivity index (χ0n) is 12.5. The van der Waals surface area contributed by atoms with Gasteiger partial charge < -0.3 is 19.7 Å². The Balaban J connectivity index is 0.00000220. The molecule has 0 radical (unpaired) electrons. The Morgan fingerprint density at radius 2 is 2.33 bits per heavy atom. The molecule has 122 valence electrons. The zero-order chi connectivity index (χ0) is 14.4. The van der Waals surface area contributed by atoms with Gasteiger partial charge in [-0.3, -0.25) is 9.59 Å². The van der Waals surface area contributed by atoms with Crippen LogP contribution in [0.5, 0.6) is 0 Å². The number of nitrogens with one attached hydrogen (secondary N) is 1. The summed E-state index contributed by atoms with van der Waals surface area (Å²) >= 11 is 0. The van der Waals surface area contributed by atoms with Crippen molar-refractivity contribution >= 4 is 24.3 Å². The van der Waals surface area contributed by atoms with Gasteiger partial charge in [0, 0.05) is 26.2 Å². The average molecular weight is 321 g/mol. The largest absolute Gasteiger partial charge is 0.463 e. The third-order valence-electron chi connectivity index (χ3n) is 3.70. The van der Waals surface area contributed by atoms with Crippen molar-refractivity contribution in [2.24, 2.45) is 0 Å². The van der Waals surface area contributed by atoms with E-state index in [1.165, 1.54) is 0 Å². The number of piperazine rings is 1. The number of rotatable bonds is 6. The van der Waals surface area contributed by atoms with E-state index in [0.717, 1.165) is 39.0 Å². The van der Waals surface area contributed by atoms with Gasteiger partial charge in [0.05, 0.1) is 18.6 Å². The molecule has 0 aromatic rings. The summed E-state index contributed by atoms with van der Waals surface area (Å²) in [6.45, 7) is 5.29. The molecular formula is C14H25ClN2O4. The summed E-state index contributed by atoms with van der Waals surface area (Å²) in [4.78, 5) is 25.7. The van der Waals surface area contributed by atoms with Crippen molar-refractivity contribution in [1.82, 2.24) is 10.2 Å². The summed E-state index contributed by atoms with van der Waals surface area (Å²) in [5, 5.41) is 3.09. The van der Waals surface area contributed by atoms with E-state index in [1.54, 1.807) is 0 Å². The van der Waals surface area contributed by atoms with E-state index in [2.05, 4.69) is 5.32 Å². The first kappa shape index (κ1) is 18.2. The standard InChI is InChI=1S/C14H24N2O4.ClH/c1-2-6-16-7-5-15-12(14(16)18)9-13(17)20-10-11-4-3-8-19-11;/h11-12,15H,2-10H2,1H3;1H. The van der Waals surface area contributed by atoms with E-state index in [0.29, 0.717) is 13.2 Å². The van der Waals surface area contributed by atoms with Crippen molar-refractivity contribution < 1.29 is 19.1 Å². The third kappa shape index (κ3) is 5.45. The summed E-state index contributed by atoms with van der Waals surface area (Å²) < 4.78 is 10.6. The lowest BCUT2D eigenvalue weighted by molar-refractivity contribution is -0.151. The van der Waals surface area contributed by atoms with Gasteiger partial charge in [0.15, 0.2) is 0 Å². The van der Waals surface area contributed by atoms with Crippen LogP contribution >= 0.6 is 12.4 Å². The van der Waals surface area contributed by atoms with Crippen molar-refractivity contribution in [3.05, 3.63) is 0 Å². The lowest BCUT2D eigenvalue weighted by Crippen LogP contribution is -2.55. The molecule has 0 bridgehead atoms. The van der Waals surface area contributed by atoms with Gasteiger partial charge in [-0.25, -0.2) is 0 Å². The molecule has 0 aromatic heterocycles. The normalized spacial score (nSPS) is 25.6. The lowest BCUT2D eigenvalue weighted by Gasteiger charge is -2.32. The van der Waals surface area contributed by atoms with Crippen molar-refractivity contribution in [3.8, 4) is 0 Å². The van der Waals surface area contributed by atoms with Gasteiger partial charge in [0.25, 0.3) is 0 Å². The van der Waals surface area contributed by atoms with Gasteiger partial charge >= 0.3 is 5.97 Å². The quantitative estimate of drug-likeness (QED) is 0.731. The molecule has 2 aliphatic rings. The van der Waals surface area contributed by atoms with Crippen LogP contribution in [0.25, 0.3) is 0 Å². The van der Waals surface area contributed by atoms with Gasteiger partial charge in [-0.05, 0) is 19.3 Å². The fourth-order valence-corrected chi connectivity index (χ4v) is 2.63. The Morgan fingerprint density at radius 1 is 1.52 bits per heavy atom. The van der Waals surface area contributed by atoms with Gasteiger partial charge in [-0.1, -0.05) is 6.92 Å². The second kappa shape index (κ2) is 9.23. The van der Waals surface area contributed by atoms with E-state index in [9.17, 15) is 9.59 Å². The molecule has 0 saturated carbocycles. The molecule has 2 heterocycles. The first-order valence-corrected chi connectivity index (χ1v) is 7.50. The van der Waals surface area contributed by atoms with Crippen molar-refractivity contribution in [2.75, 3.05) is 32.8 Å². The monoisotopic (exact) mass is 320 g/mol. The second-order valence-electron chi connectivity index (χ2n) is 5.35. The van der Waals surface area contributed by atoms with E-state index in [4.69, 9.17) is 9.47 Å². The Kier molecular flexibility index (Phi) is 8.00. The molecule has 6 nitrogen and oxygen atoms in total. The smallest absolute Gasteiger partial charge is 0.308 e. The number of hydrogen-bond donors (Lipinski definition) is 1. The predicted octanol–water partition coefficient (Wildman–Crippen LogP) is 0.731. The summed E-state index contributed by atoms with van der Waals surface area (Å²) in [6, 6.07) is -0.438. The Labute approximate surface area is 131 Å². The molecular weight excluding hydrogens is 296 g/mol. The van der Waals surface area contributed by atoms with Crippen molar-refractivity contribution in [3.63, 3.8) is 0 Å². The topological polar surface area (TPSA) is 67.9 Å². The molecule has 2 saturated heterocycles. The maximum atomic E-state index is 12.1. The third-order valence-corrected chi connectivity index (χ3v) is 3.70. The first-order chi connectivity index (χ1) is 9.70. The number of carbonyl (C=O) groups is 2. The Morgan fingerprint density at radius 3 is 3.00 bits per heavy atom. The number of amides is 1. The lowest BCUT2D eigenvalue weighted by atomic mass is 10.1. The van der Waals surface area contributed by atoms with Crippen LogP contribution < -0.4 is 5.32 Å². The number of esters is 1. The number of carbonyl (C=O) groups excluding carboxylic acids is 2. The Hall–Kier alpha value is -0.850. The highest BCUT2D eigenvalue weighted by molar-refractivity contribution is 5.87. The number of nitrogens with zero attached hydrogens (tertiary/aromatic N) is 1. The van der Waals surface area contributed by atoms with Crippen LogP contribution in [0.2, 0.25) is 0 Å². The van der Waals surface area contributed by atoms with E-state index < -0.39 is 6.04 Å². The predicted molar refractivity (Wildman–Crippen MR) is 80.5 cm³/mol. The molecule has 2 atom stereocenters. The summed E-state index contributed by atoms with van der Waals surface area (Å²) in [7, 11) is 0. The molecule has 2 rings (SSSR count). The minimum atomic E-state index is -0.438. The minimum absolute atomic E-state index is 0. The van der Waals surface area contributed by atoms with Gasteiger partial charge in [-0.15, -0.1) is 12.4 Å². The highest BCUT2D eigenvalue weighted by atomic mass is 35.5. The van der Waals surface area contributed by atoms with E-state index in [1.807, 2.05) is 11.8 Å². The van der Waals surface area contributed by atoms with E-state index in [-0.39, 0.29) is 36.8 Å². The molecule has 0 aromatic carbocycles. The van der Waals surface area contributed by atoms with Crippen LogP contribution in [0, 0.1) is 0 Å². The molecule has 2 unspecified atom stereocenters. The fourth-order valence-electron chi connectivity index (χ4n) is 2.63. The van der Waals surface area contributed by atoms with Gasteiger partial charge in [0.1, 0.15) is 6.61 Å². The number of hydrogen-bond acceptors (Lipinski definition) is 5. The van der Waals surface area contributed by atoms with Crippen molar-refractivity contribution in [1.29, 1.82) is 0 Å². The zero-order valence-corrected chi connectivity index (χ0v) is 13.3. The van der Waals surface area contributed by atoms with E-state index >= 15 is 0 Å². The summed E-state index contributed by atoms with van der Waals surface area (Å²) in [6.07, 6.45) is 3.04. The maximum absolute atomic E-state index is 12.1. The highest BCUT2D eigenvalue weighted by Crippen LogP contribution is 2.13. The summed E-state index contributed by atoms with van der Waals surface area (Å²) in [5.41, 5.74) is 0. The fraction of sp³-hybridized carbons (Fsp3) is 0.857. The van der Waals surface area contributed by atoms with Crippen molar-refractivity contribution in [2.45, 2.75) is 44.8 Å². The summed E-state index contributed by atoms with van der Waals surface area (Å²) in [5.74, 6) is -0.322. The maximum Gasteiger partial charge on any atom is 0.308 e.